The molecular weight excluding hydrogens is 115 g/mol. The Morgan fingerprint density at radius 2 is 2.56 bits per heavy atom. The van der Waals surface area contributed by atoms with E-state index < -0.39 is 0 Å². The van der Waals surface area contributed by atoms with Crippen LogP contribution in [0, 0.1) is 0 Å². The van der Waals surface area contributed by atoms with Crippen LogP contribution >= 0.6 is 0 Å². The van der Waals surface area contributed by atoms with E-state index >= 15 is 0 Å². The zero-order chi connectivity index (χ0) is 6.10. The van der Waals surface area contributed by atoms with Crippen molar-refractivity contribution in [3.63, 3.8) is 0 Å². The van der Waals surface area contributed by atoms with Crippen molar-refractivity contribution in [2.75, 3.05) is 0 Å². The van der Waals surface area contributed by atoms with Gasteiger partial charge < -0.3 is 0 Å². The van der Waals surface area contributed by atoms with Crippen LogP contribution in [0.5, 0.6) is 0 Å². The van der Waals surface area contributed by atoms with Crippen LogP contribution in [0.4, 0.5) is 0 Å². The van der Waals surface area contributed by atoms with Crippen LogP contribution in [0.1, 0.15) is 0 Å². The average molecular weight is 118 g/mol. The van der Waals surface area contributed by atoms with E-state index in [1.165, 1.54) is 7.19 Å². The Hall–Kier alpha value is -1.26. The number of aromatic amines is 1. The van der Waals surface area contributed by atoms with Gasteiger partial charge in [0.25, 0.3) is 0 Å². The molecule has 0 radical (unpaired) electrons. The van der Waals surface area contributed by atoms with Crippen molar-refractivity contribution in [3.8, 4) is 0 Å². The number of H-pyrrole nitrogens is 1. The molecule has 9 heavy (non-hydrogen) atoms. The van der Waals surface area contributed by atoms with Gasteiger partial charge in [-0.05, 0) is 0 Å². The van der Waals surface area contributed by atoms with Crippen molar-refractivity contribution in [2.45, 2.75) is 0 Å². The molecule has 0 aliphatic heterocycles. The van der Waals surface area contributed by atoms with E-state index in [1.54, 1.807) is 12.5 Å². The fourth-order valence-electron chi connectivity index (χ4n) is 0.691. The van der Waals surface area contributed by atoms with E-state index in [4.69, 9.17) is 0 Å². The minimum absolute atomic E-state index is 0.713. The summed E-state index contributed by atoms with van der Waals surface area (Å²) in [6.07, 6.45) is 3.29. The zero-order valence-corrected chi connectivity index (χ0v) is 4.57. The number of imidazole rings is 1. The van der Waals surface area contributed by atoms with E-state index in [9.17, 15) is 0 Å². The van der Waals surface area contributed by atoms with Crippen molar-refractivity contribution >= 4 is 18.4 Å². The number of nitrogens with one attached hydrogen (secondary N) is 1. The molecule has 0 fully saturated rings. The summed E-state index contributed by atoms with van der Waals surface area (Å²) in [5.41, 5.74) is 1.59. The van der Waals surface area contributed by atoms with E-state index in [1.807, 2.05) is 0 Å². The molecule has 0 spiro atoms. The Morgan fingerprint density at radius 3 is 3.44 bits per heavy atom. The Morgan fingerprint density at radius 1 is 1.56 bits per heavy atom. The van der Waals surface area contributed by atoms with Crippen LogP contribution < -0.4 is 0 Å². The van der Waals surface area contributed by atoms with Gasteiger partial charge in [0.15, 0.2) is 0 Å². The molecule has 4 nitrogen and oxygen atoms in total. The molecule has 0 aromatic carbocycles. The normalized spacial score (nSPS) is 9.78. The molecule has 2 aromatic rings. The van der Waals surface area contributed by atoms with Gasteiger partial charge in [-0.2, -0.15) is 0 Å². The molecule has 0 saturated heterocycles. The first kappa shape index (κ1) is 4.61. The third kappa shape index (κ3) is 0.613. The number of aromatic nitrogens is 4. The second kappa shape index (κ2) is 1.61. The van der Waals surface area contributed by atoms with E-state index in [2.05, 4.69) is 19.8 Å². The summed E-state index contributed by atoms with van der Waals surface area (Å²) in [6, 6.07) is 0. The van der Waals surface area contributed by atoms with Gasteiger partial charge >= 0.3 is 50.6 Å². The minimum atomic E-state index is 0.713. The molecule has 42 valence electrons. The van der Waals surface area contributed by atoms with Gasteiger partial charge in [0.05, 0.1) is 0 Å². The zero-order valence-electron chi connectivity index (χ0n) is 4.57. The van der Waals surface area contributed by atoms with E-state index in [0.717, 1.165) is 5.52 Å². The SMILES string of the molecule is b1ncc2[nH]cnc2n1. The Balaban J connectivity index is 2.95. The molecule has 2 heterocycles. The Bertz CT molecular complexity index is 287. The fourth-order valence-corrected chi connectivity index (χ4v) is 0.691. The molecular formula is C4H3BN4. The summed E-state index contributed by atoms with van der Waals surface area (Å²) in [4.78, 5) is 14.5. The van der Waals surface area contributed by atoms with Crippen molar-refractivity contribution in [3.05, 3.63) is 12.5 Å². The van der Waals surface area contributed by atoms with Crippen LogP contribution in [0.3, 0.4) is 0 Å². The molecule has 2 rings (SSSR count). The molecule has 0 unspecified atom stereocenters. The first-order chi connectivity index (χ1) is 4.47. The van der Waals surface area contributed by atoms with Crippen LogP contribution in [-0.2, 0) is 0 Å². The van der Waals surface area contributed by atoms with Crippen LogP contribution in [0.15, 0.2) is 12.5 Å². The van der Waals surface area contributed by atoms with E-state index in [0.29, 0.717) is 5.65 Å². The first-order valence-electron chi connectivity index (χ1n) is 2.56. The predicted molar refractivity (Wildman–Crippen MR) is 33.0 cm³/mol. The maximum absolute atomic E-state index is 3.91. The third-order valence-corrected chi connectivity index (χ3v) is 1.10. The number of hydrogen-bond acceptors (Lipinski definition) is 3. The third-order valence-electron chi connectivity index (χ3n) is 1.10. The summed E-state index contributed by atoms with van der Waals surface area (Å²) in [7, 11) is 1.48. The molecule has 2 aromatic heterocycles. The van der Waals surface area contributed by atoms with Crippen molar-refractivity contribution in [2.24, 2.45) is 0 Å². The van der Waals surface area contributed by atoms with Gasteiger partial charge in [0.1, 0.15) is 0 Å². The van der Waals surface area contributed by atoms with Crippen LogP contribution in [0.2, 0.25) is 0 Å². The number of rotatable bonds is 0. The van der Waals surface area contributed by atoms with Gasteiger partial charge in [-0.1, -0.05) is 0 Å². The van der Waals surface area contributed by atoms with Gasteiger partial charge in [0.2, 0.25) is 0 Å². The first-order valence-corrected chi connectivity index (χ1v) is 2.56. The molecule has 0 amide bonds. The molecule has 1 N–H and O–H groups in total. The summed E-state index contributed by atoms with van der Waals surface area (Å²) >= 11 is 0. The van der Waals surface area contributed by atoms with Crippen molar-refractivity contribution in [1.82, 2.24) is 19.8 Å². The Kier molecular flexibility index (Phi) is 0.826. The van der Waals surface area contributed by atoms with Gasteiger partial charge in [-0.15, -0.1) is 0 Å². The molecule has 0 atom stereocenters. The number of hydrogen-bond donors (Lipinski definition) is 1. The summed E-state index contributed by atoms with van der Waals surface area (Å²) < 4.78 is 0. The molecule has 0 aliphatic rings. The molecule has 0 saturated carbocycles. The average Bonchev–Trinajstić information content (AvgIpc) is 2.33. The van der Waals surface area contributed by atoms with Crippen molar-refractivity contribution in [1.29, 1.82) is 0 Å². The molecule has 0 aliphatic carbocycles. The topological polar surface area (TPSA) is 54.5 Å². The number of fused-ring (bicyclic) bond motifs is 1. The monoisotopic (exact) mass is 118 g/mol. The van der Waals surface area contributed by atoms with E-state index in [-0.39, 0.29) is 0 Å². The van der Waals surface area contributed by atoms with Crippen molar-refractivity contribution < 1.29 is 0 Å². The second-order valence-electron chi connectivity index (χ2n) is 1.66. The van der Waals surface area contributed by atoms with Crippen LogP contribution in [-0.4, -0.2) is 26.9 Å². The Labute approximate surface area is 51.6 Å². The second-order valence-corrected chi connectivity index (χ2v) is 1.66. The summed E-state index contributed by atoms with van der Waals surface area (Å²) in [5.74, 6) is 0. The maximum atomic E-state index is 3.91. The summed E-state index contributed by atoms with van der Waals surface area (Å²) in [5, 5.41) is 0. The summed E-state index contributed by atoms with van der Waals surface area (Å²) in [6.45, 7) is 0. The van der Waals surface area contributed by atoms with Gasteiger partial charge in [-0.3, -0.25) is 0 Å². The molecule has 0 bridgehead atoms. The van der Waals surface area contributed by atoms with Gasteiger partial charge in [-0.25, -0.2) is 0 Å². The quantitative estimate of drug-likeness (QED) is 0.516. The standard InChI is InChI=1S/C4H3BN4/c1-3-4(7-2-6-3)9-5-8-1/h1-2H,(H,6,7,9). The molecule has 5 heteroatoms. The van der Waals surface area contributed by atoms with Gasteiger partial charge in [0, 0.05) is 0 Å². The predicted octanol–water partition coefficient (Wildman–Crippen LogP) is -0.309. The number of nitrogens with zero attached hydrogens (tertiary/aromatic N) is 3. The van der Waals surface area contributed by atoms with Crippen LogP contribution in [0.25, 0.3) is 11.2 Å². The fraction of sp³-hybridized carbons (Fsp3) is 0.